The maximum atomic E-state index is 5.46. The van der Waals surface area contributed by atoms with Crippen molar-refractivity contribution >= 4 is 0 Å². The van der Waals surface area contributed by atoms with Gasteiger partial charge in [0.25, 0.3) is 5.89 Å². The number of aromatic nitrogens is 2. The molecule has 0 bridgehead atoms. The summed E-state index contributed by atoms with van der Waals surface area (Å²) in [5, 5.41) is 7.38. The standard InChI is InChI=1S/C12H15N3O2/c1-8-4-5-10(16-8)12-14-11(15-17-12)9-3-2-6-13-7-9/h4-5,9,13H,2-3,6-7H2,1H3. The van der Waals surface area contributed by atoms with Gasteiger partial charge in [0.2, 0.25) is 0 Å². The molecule has 1 N–H and O–H groups in total. The van der Waals surface area contributed by atoms with Crippen molar-refractivity contribution in [1.82, 2.24) is 15.5 Å². The van der Waals surface area contributed by atoms with E-state index in [2.05, 4.69) is 15.5 Å². The van der Waals surface area contributed by atoms with E-state index in [9.17, 15) is 0 Å². The monoisotopic (exact) mass is 233 g/mol. The third-order valence-corrected chi connectivity index (χ3v) is 3.05. The highest BCUT2D eigenvalue weighted by Gasteiger charge is 2.21. The van der Waals surface area contributed by atoms with Crippen LogP contribution >= 0.6 is 0 Å². The third kappa shape index (κ3) is 2.10. The van der Waals surface area contributed by atoms with Gasteiger partial charge < -0.3 is 14.3 Å². The SMILES string of the molecule is Cc1ccc(-c2nc(C3CCCNC3)no2)o1. The number of aryl methyl sites for hydroxylation is 1. The van der Waals surface area contributed by atoms with Crippen molar-refractivity contribution in [2.24, 2.45) is 0 Å². The Balaban J connectivity index is 1.82. The van der Waals surface area contributed by atoms with Crippen LogP contribution in [0.5, 0.6) is 0 Å². The van der Waals surface area contributed by atoms with Crippen molar-refractivity contribution in [3.63, 3.8) is 0 Å². The Hall–Kier alpha value is -1.62. The number of hydrogen-bond acceptors (Lipinski definition) is 5. The highest BCUT2D eigenvalue weighted by molar-refractivity contribution is 5.44. The molecule has 1 saturated heterocycles. The van der Waals surface area contributed by atoms with E-state index in [0.29, 0.717) is 17.6 Å². The molecule has 17 heavy (non-hydrogen) atoms. The molecule has 2 aromatic heterocycles. The lowest BCUT2D eigenvalue weighted by molar-refractivity contribution is 0.385. The van der Waals surface area contributed by atoms with Crippen LogP contribution in [0.15, 0.2) is 21.1 Å². The summed E-state index contributed by atoms with van der Waals surface area (Å²) in [7, 11) is 0. The Morgan fingerprint density at radius 3 is 3.06 bits per heavy atom. The largest absolute Gasteiger partial charge is 0.456 e. The van der Waals surface area contributed by atoms with Gasteiger partial charge in [0.15, 0.2) is 11.6 Å². The molecule has 5 heteroatoms. The summed E-state index contributed by atoms with van der Waals surface area (Å²) in [5.41, 5.74) is 0. The van der Waals surface area contributed by atoms with Crippen LogP contribution in [0.4, 0.5) is 0 Å². The van der Waals surface area contributed by atoms with Crippen LogP contribution in [0.2, 0.25) is 0 Å². The second-order valence-corrected chi connectivity index (χ2v) is 4.41. The van der Waals surface area contributed by atoms with Gasteiger partial charge >= 0.3 is 0 Å². The normalized spacial score (nSPS) is 20.6. The summed E-state index contributed by atoms with van der Waals surface area (Å²) in [5.74, 6) is 3.10. The van der Waals surface area contributed by atoms with Gasteiger partial charge in [-0.3, -0.25) is 0 Å². The van der Waals surface area contributed by atoms with E-state index in [1.165, 1.54) is 0 Å². The lowest BCUT2D eigenvalue weighted by atomic mass is 9.99. The van der Waals surface area contributed by atoms with E-state index >= 15 is 0 Å². The highest BCUT2D eigenvalue weighted by Crippen LogP contribution is 2.25. The molecular weight excluding hydrogens is 218 g/mol. The average molecular weight is 233 g/mol. The highest BCUT2D eigenvalue weighted by atomic mass is 16.5. The molecular formula is C12H15N3O2. The molecule has 0 spiro atoms. The van der Waals surface area contributed by atoms with Crippen molar-refractivity contribution in [1.29, 1.82) is 0 Å². The van der Waals surface area contributed by atoms with E-state index < -0.39 is 0 Å². The topological polar surface area (TPSA) is 64.1 Å². The van der Waals surface area contributed by atoms with Crippen molar-refractivity contribution in [2.45, 2.75) is 25.7 Å². The van der Waals surface area contributed by atoms with Crippen LogP contribution < -0.4 is 5.32 Å². The minimum absolute atomic E-state index is 0.359. The number of nitrogens with zero attached hydrogens (tertiary/aromatic N) is 2. The van der Waals surface area contributed by atoms with Crippen LogP contribution in [0.25, 0.3) is 11.7 Å². The Morgan fingerprint density at radius 1 is 1.41 bits per heavy atom. The molecule has 90 valence electrons. The fourth-order valence-electron chi connectivity index (χ4n) is 2.12. The number of hydrogen-bond donors (Lipinski definition) is 1. The predicted octanol–water partition coefficient (Wildman–Crippen LogP) is 2.11. The van der Waals surface area contributed by atoms with Crippen LogP contribution in [0.3, 0.4) is 0 Å². The molecule has 1 fully saturated rings. The molecule has 0 aliphatic carbocycles. The first-order valence-electron chi connectivity index (χ1n) is 5.94. The maximum absolute atomic E-state index is 5.46. The molecule has 1 unspecified atom stereocenters. The van der Waals surface area contributed by atoms with Gasteiger partial charge in [0, 0.05) is 12.5 Å². The predicted molar refractivity (Wildman–Crippen MR) is 61.6 cm³/mol. The van der Waals surface area contributed by atoms with Gasteiger partial charge in [-0.2, -0.15) is 4.98 Å². The molecule has 3 heterocycles. The fourth-order valence-corrected chi connectivity index (χ4v) is 2.12. The Labute approximate surface area is 99.2 Å². The third-order valence-electron chi connectivity index (χ3n) is 3.05. The van der Waals surface area contributed by atoms with E-state index in [4.69, 9.17) is 8.94 Å². The molecule has 5 nitrogen and oxygen atoms in total. The second kappa shape index (κ2) is 4.33. The molecule has 3 rings (SSSR count). The fraction of sp³-hybridized carbons (Fsp3) is 0.500. The number of rotatable bonds is 2. The number of piperidine rings is 1. The first-order chi connectivity index (χ1) is 8.33. The zero-order chi connectivity index (χ0) is 11.7. The summed E-state index contributed by atoms with van der Waals surface area (Å²) < 4.78 is 10.7. The van der Waals surface area contributed by atoms with Gasteiger partial charge in [-0.25, -0.2) is 0 Å². The van der Waals surface area contributed by atoms with Crippen molar-refractivity contribution < 1.29 is 8.94 Å². The number of nitrogens with one attached hydrogen (secondary N) is 1. The van der Waals surface area contributed by atoms with Gasteiger partial charge in [-0.15, -0.1) is 0 Å². The zero-order valence-corrected chi connectivity index (χ0v) is 9.77. The van der Waals surface area contributed by atoms with Crippen molar-refractivity contribution in [2.75, 3.05) is 13.1 Å². The lowest BCUT2D eigenvalue weighted by Crippen LogP contribution is -2.28. The molecule has 0 amide bonds. The summed E-state index contributed by atoms with van der Waals surface area (Å²) in [6.07, 6.45) is 2.28. The van der Waals surface area contributed by atoms with Crippen molar-refractivity contribution in [3.8, 4) is 11.7 Å². The zero-order valence-electron chi connectivity index (χ0n) is 9.77. The van der Waals surface area contributed by atoms with E-state index in [0.717, 1.165) is 37.5 Å². The summed E-state index contributed by atoms with van der Waals surface area (Å²) in [6, 6.07) is 3.74. The molecule has 0 saturated carbocycles. The minimum atomic E-state index is 0.359. The van der Waals surface area contributed by atoms with Crippen LogP contribution in [-0.4, -0.2) is 23.2 Å². The summed E-state index contributed by atoms with van der Waals surface area (Å²) >= 11 is 0. The molecule has 1 aliphatic heterocycles. The molecule has 0 aromatic carbocycles. The summed E-state index contributed by atoms with van der Waals surface area (Å²) in [4.78, 5) is 4.41. The van der Waals surface area contributed by atoms with Gasteiger partial charge in [0.1, 0.15) is 5.76 Å². The first kappa shape index (κ1) is 10.5. The summed E-state index contributed by atoms with van der Waals surface area (Å²) in [6.45, 7) is 3.90. The van der Waals surface area contributed by atoms with Crippen LogP contribution in [-0.2, 0) is 0 Å². The van der Waals surface area contributed by atoms with Gasteiger partial charge in [-0.1, -0.05) is 5.16 Å². The van der Waals surface area contributed by atoms with Crippen LogP contribution in [0, 0.1) is 6.92 Å². The average Bonchev–Trinajstić information content (AvgIpc) is 2.98. The van der Waals surface area contributed by atoms with Gasteiger partial charge in [-0.05, 0) is 38.4 Å². The van der Waals surface area contributed by atoms with Crippen molar-refractivity contribution in [3.05, 3.63) is 23.7 Å². The Bertz CT molecular complexity index is 497. The second-order valence-electron chi connectivity index (χ2n) is 4.41. The Kier molecular flexibility index (Phi) is 2.68. The maximum Gasteiger partial charge on any atom is 0.293 e. The molecule has 0 radical (unpaired) electrons. The minimum Gasteiger partial charge on any atom is -0.456 e. The first-order valence-corrected chi connectivity index (χ1v) is 5.94. The number of furan rings is 1. The van der Waals surface area contributed by atoms with E-state index in [1.807, 2.05) is 19.1 Å². The molecule has 1 atom stereocenters. The molecule has 2 aromatic rings. The quantitative estimate of drug-likeness (QED) is 0.860. The van der Waals surface area contributed by atoms with E-state index in [1.54, 1.807) is 0 Å². The lowest BCUT2D eigenvalue weighted by Gasteiger charge is -2.19. The molecule has 1 aliphatic rings. The Morgan fingerprint density at radius 2 is 2.35 bits per heavy atom. The smallest absolute Gasteiger partial charge is 0.293 e. The van der Waals surface area contributed by atoms with E-state index in [-0.39, 0.29) is 0 Å². The van der Waals surface area contributed by atoms with Crippen LogP contribution in [0.1, 0.15) is 30.3 Å². The van der Waals surface area contributed by atoms with Gasteiger partial charge in [0.05, 0.1) is 0 Å².